The summed E-state index contributed by atoms with van der Waals surface area (Å²) in [4.78, 5) is 2.43. The van der Waals surface area contributed by atoms with Crippen LogP contribution in [0.3, 0.4) is 0 Å². The van der Waals surface area contributed by atoms with Crippen molar-refractivity contribution in [2.24, 2.45) is 11.7 Å². The molecule has 1 heterocycles. The Bertz CT molecular complexity index is 158. The highest BCUT2D eigenvalue weighted by atomic mass is 16.5. The van der Waals surface area contributed by atoms with Gasteiger partial charge in [0.05, 0.1) is 0 Å². The second-order valence-corrected chi connectivity index (χ2v) is 4.75. The summed E-state index contributed by atoms with van der Waals surface area (Å²) in [6.45, 7) is 6.19. The lowest BCUT2D eigenvalue weighted by molar-refractivity contribution is 0.0596. The molecule has 0 amide bonds. The molecule has 1 rings (SSSR count). The number of nitrogens with two attached hydrogens (primary N) is 1. The van der Waals surface area contributed by atoms with Crippen molar-refractivity contribution in [3.8, 4) is 0 Å². The van der Waals surface area contributed by atoms with E-state index in [1.165, 1.54) is 25.8 Å². The van der Waals surface area contributed by atoms with Crippen LogP contribution in [0.4, 0.5) is 0 Å². The predicted octanol–water partition coefficient (Wildman–Crippen LogP) is 1.47. The van der Waals surface area contributed by atoms with E-state index in [2.05, 4.69) is 18.9 Å². The molecule has 0 aromatic rings. The van der Waals surface area contributed by atoms with Crippen LogP contribution in [0.1, 0.15) is 32.6 Å². The topological polar surface area (TPSA) is 38.5 Å². The molecule has 0 aromatic carbocycles. The van der Waals surface area contributed by atoms with Crippen molar-refractivity contribution >= 4 is 0 Å². The molecule has 90 valence electrons. The first-order valence-electron chi connectivity index (χ1n) is 6.22. The third kappa shape index (κ3) is 4.96. The third-order valence-corrected chi connectivity index (χ3v) is 3.57. The van der Waals surface area contributed by atoms with E-state index >= 15 is 0 Å². The van der Waals surface area contributed by atoms with E-state index in [0.29, 0.717) is 6.04 Å². The molecule has 0 spiro atoms. The van der Waals surface area contributed by atoms with E-state index in [-0.39, 0.29) is 0 Å². The molecule has 1 aliphatic heterocycles. The molecule has 1 fully saturated rings. The van der Waals surface area contributed by atoms with Crippen LogP contribution in [0.2, 0.25) is 0 Å². The first-order valence-corrected chi connectivity index (χ1v) is 6.22. The summed E-state index contributed by atoms with van der Waals surface area (Å²) >= 11 is 0. The molecular formula is C12H26N2O. The second kappa shape index (κ2) is 7.20. The van der Waals surface area contributed by atoms with Crippen LogP contribution in [-0.4, -0.2) is 44.3 Å². The van der Waals surface area contributed by atoms with E-state index in [9.17, 15) is 0 Å². The first-order chi connectivity index (χ1) is 7.24. The van der Waals surface area contributed by atoms with Crippen molar-refractivity contribution in [1.82, 2.24) is 4.90 Å². The lowest BCUT2D eigenvalue weighted by atomic mass is 9.96. The van der Waals surface area contributed by atoms with Gasteiger partial charge in [0, 0.05) is 19.3 Å². The van der Waals surface area contributed by atoms with Gasteiger partial charge in [0.1, 0.15) is 0 Å². The zero-order valence-electron chi connectivity index (χ0n) is 10.2. The van der Waals surface area contributed by atoms with Crippen LogP contribution < -0.4 is 5.73 Å². The van der Waals surface area contributed by atoms with Gasteiger partial charge in [0.2, 0.25) is 0 Å². The van der Waals surface area contributed by atoms with Gasteiger partial charge in [-0.3, -0.25) is 0 Å². The number of ether oxygens (including phenoxy) is 1. The van der Waals surface area contributed by atoms with Gasteiger partial charge in [-0.25, -0.2) is 0 Å². The second-order valence-electron chi connectivity index (χ2n) is 4.75. The summed E-state index contributed by atoms with van der Waals surface area (Å²) in [6.07, 6.45) is 4.91. The molecular weight excluding hydrogens is 188 g/mol. The molecule has 2 N–H and O–H groups in total. The maximum absolute atomic E-state index is 5.56. The van der Waals surface area contributed by atoms with Gasteiger partial charge in [0.25, 0.3) is 0 Å². The average Bonchev–Trinajstić information content (AvgIpc) is 2.27. The van der Waals surface area contributed by atoms with Crippen LogP contribution >= 0.6 is 0 Å². The number of hydrogen-bond acceptors (Lipinski definition) is 3. The summed E-state index contributed by atoms with van der Waals surface area (Å²) in [7, 11) is 2.21. The molecule has 3 nitrogen and oxygen atoms in total. The molecule has 1 saturated heterocycles. The summed E-state index contributed by atoms with van der Waals surface area (Å²) in [5.41, 5.74) is 5.56. The fourth-order valence-corrected chi connectivity index (χ4v) is 2.10. The van der Waals surface area contributed by atoms with Gasteiger partial charge in [-0.15, -0.1) is 0 Å². The number of rotatable bonds is 6. The molecule has 0 bridgehead atoms. The zero-order valence-corrected chi connectivity index (χ0v) is 10.2. The molecule has 15 heavy (non-hydrogen) atoms. The fraction of sp³-hybridized carbons (Fsp3) is 1.00. The minimum Gasteiger partial charge on any atom is -0.381 e. The highest BCUT2D eigenvalue weighted by Gasteiger charge is 2.15. The van der Waals surface area contributed by atoms with Crippen molar-refractivity contribution in [3.05, 3.63) is 0 Å². The largest absolute Gasteiger partial charge is 0.381 e. The summed E-state index contributed by atoms with van der Waals surface area (Å²) < 4.78 is 5.36. The highest BCUT2D eigenvalue weighted by molar-refractivity contribution is 4.68. The van der Waals surface area contributed by atoms with Crippen molar-refractivity contribution in [3.63, 3.8) is 0 Å². The fourth-order valence-electron chi connectivity index (χ4n) is 2.10. The molecule has 3 heteroatoms. The average molecular weight is 214 g/mol. The van der Waals surface area contributed by atoms with Crippen LogP contribution in [0.5, 0.6) is 0 Å². The molecule has 1 unspecified atom stereocenters. The third-order valence-electron chi connectivity index (χ3n) is 3.57. The Balaban J connectivity index is 2.11. The zero-order chi connectivity index (χ0) is 11.1. The van der Waals surface area contributed by atoms with Gasteiger partial charge >= 0.3 is 0 Å². The summed E-state index contributed by atoms with van der Waals surface area (Å²) in [6, 6.07) is 0.620. The lowest BCUT2D eigenvalue weighted by Crippen LogP contribution is -2.33. The maximum atomic E-state index is 5.56. The normalized spacial score (nSPS) is 20.8. The Morgan fingerprint density at radius 1 is 1.40 bits per heavy atom. The Hall–Kier alpha value is -0.120. The van der Waals surface area contributed by atoms with Gasteiger partial charge in [-0.2, -0.15) is 0 Å². The van der Waals surface area contributed by atoms with E-state index in [0.717, 1.165) is 32.1 Å². The summed E-state index contributed by atoms with van der Waals surface area (Å²) in [5, 5.41) is 0. The molecule has 0 aromatic heterocycles. The van der Waals surface area contributed by atoms with E-state index in [1.807, 2.05) is 0 Å². The van der Waals surface area contributed by atoms with Crippen molar-refractivity contribution in [2.75, 3.05) is 33.4 Å². The minimum absolute atomic E-state index is 0.620. The van der Waals surface area contributed by atoms with Gasteiger partial charge < -0.3 is 15.4 Å². The van der Waals surface area contributed by atoms with Gasteiger partial charge in [-0.05, 0) is 58.7 Å². The lowest BCUT2D eigenvalue weighted by Gasteiger charge is -2.28. The number of hydrogen-bond donors (Lipinski definition) is 1. The van der Waals surface area contributed by atoms with Crippen LogP contribution in [0.15, 0.2) is 0 Å². The molecule has 0 saturated carbocycles. The van der Waals surface area contributed by atoms with Crippen LogP contribution in [0, 0.1) is 5.92 Å². The van der Waals surface area contributed by atoms with Crippen molar-refractivity contribution < 1.29 is 4.74 Å². The number of nitrogens with zero attached hydrogens (tertiary/aromatic N) is 1. The first kappa shape index (κ1) is 12.9. The van der Waals surface area contributed by atoms with Gasteiger partial charge in [0.15, 0.2) is 0 Å². The standard InChI is InChI=1S/C12H26N2O/c1-11(3-7-13)14(2)8-4-12-5-9-15-10-6-12/h11-12H,3-10,13H2,1-2H3. The Kier molecular flexibility index (Phi) is 6.22. The smallest absolute Gasteiger partial charge is 0.0468 e. The Morgan fingerprint density at radius 2 is 2.07 bits per heavy atom. The van der Waals surface area contributed by atoms with Crippen molar-refractivity contribution in [2.45, 2.75) is 38.6 Å². The monoisotopic (exact) mass is 214 g/mol. The van der Waals surface area contributed by atoms with E-state index < -0.39 is 0 Å². The SMILES string of the molecule is CC(CCN)N(C)CCC1CCOCC1. The molecule has 0 radical (unpaired) electrons. The van der Waals surface area contributed by atoms with Crippen molar-refractivity contribution in [1.29, 1.82) is 0 Å². The molecule has 0 aliphatic carbocycles. The minimum atomic E-state index is 0.620. The Morgan fingerprint density at radius 3 is 2.67 bits per heavy atom. The van der Waals surface area contributed by atoms with Gasteiger partial charge in [-0.1, -0.05) is 0 Å². The quantitative estimate of drug-likeness (QED) is 0.728. The molecule has 1 aliphatic rings. The van der Waals surface area contributed by atoms with Crippen LogP contribution in [0.25, 0.3) is 0 Å². The summed E-state index contributed by atoms with van der Waals surface area (Å²) in [5.74, 6) is 0.881. The van der Waals surface area contributed by atoms with E-state index in [4.69, 9.17) is 10.5 Å². The van der Waals surface area contributed by atoms with Crippen LogP contribution in [-0.2, 0) is 4.74 Å². The Labute approximate surface area is 94.0 Å². The van der Waals surface area contributed by atoms with E-state index in [1.54, 1.807) is 0 Å². The maximum Gasteiger partial charge on any atom is 0.0468 e. The highest BCUT2D eigenvalue weighted by Crippen LogP contribution is 2.19. The predicted molar refractivity (Wildman–Crippen MR) is 63.9 cm³/mol. The molecule has 1 atom stereocenters.